The van der Waals surface area contributed by atoms with E-state index in [1.807, 2.05) is 0 Å². The zero-order valence-electron chi connectivity index (χ0n) is 8.47. The molecule has 0 unspecified atom stereocenters. The van der Waals surface area contributed by atoms with E-state index in [1.165, 1.54) is 19.2 Å². The van der Waals surface area contributed by atoms with Crippen LogP contribution in [0.1, 0.15) is 13.8 Å². The van der Waals surface area contributed by atoms with Crippen LogP contribution in [-0.2, 0) is 14.6 Å². The fraction of sp³-hybridized carbons (Fsp3) is 0.857. The molecule has 0 aromatic heterocycles. The standard InChI is InChI=1S/C7H12F3NO3S/c1-6(2,15(3,13)14)4-11-5(12)7(8,9)10/h4H2,1-3H3,(H,11,12). The molecule has 0 aromatic rings. The molecule has 15 heavy (non-hydrogen) atoms. The zero-order chi connectivity index (χ0) is 12.5. The van der Waals surface area contributed by atoms with E-state index in [9.17, 15) is 26.4 Å². The number of carbonyl (C=O) groups is 1. The summed E-state index contributed by atoms with van der Waals surface area (Å²) in [6, 6.07) is 0. The molecule has 0 heterocycles. The quantitative estimate of drug-likeness (QED) is 0.789. The summed E-state index contributed by atoms with van der Waals surface area (Å²) in [7, 11) is -3.53. The summed E-state index contributed by atoms with van der Waals surface area (Å²) in [6.45, 7) is 1.89. The molecule has 0 fully saturated rings. The van der Waals surface area contributed by atoms with Crippen LogP contribution in [0.25, 0.3) is 0 Å². The second-order valence-electron chi connectivity index (χ2n) is 3.71. The van der Waals surface area contributed by atoms with Gasteiger partial charge in [0.05, 0.1) is 4.75 Å². The highest BCUT2D eigenvalue weighted by atomic mass is 32.2. The number of sulfone groups is 1. The highest BCUT2D eigenvalue weighted by molar-refractivity contribution is 7.92. The van der Waals surface area contributed by atoms with Gasteiger partial charge in [0.25, 0.3) is 0 Å². The molecule has 1 N–H and O–H groups in total. The van der Waals surface area contributed by atoms with E-state index < -0.39 is 33.2 Å². The lowest BCUT2D eigenvalue weighted by atomic mass is 10.2. The van der Waals surface area contributed by atoms with E-state index in [-0.39, 0.29) is 0 Å². The van der Waals surface area contributed by atoms with E-state index in [0.29, 0.717) is 0 Å². The number of hydrogen-bond donors (Lipinski definition) is 1. The molecule has 90 valence electrons. The Hall–Kier alpha value is -0.790. The van der Waals surface area contributed by atoms with Crippen molar-refractivity contribution in [1.82, 2.24) is 5.32 Å². The van der Waals surface area contributed by atoms with E-state index in [2.05, 4.69) is 0 Å². The third kappa shape index (κ3) is 4.06. The minimum atomic E-state index is -4.99. The first kappa shape index (κ1) is 14.2. The number of halogens is 3. The maximum atomic E-state index is 11.8. The second kappa shape index (κ2) is 3.99. The van der Waals surface area contributed by atoms with Crippen LogP contribution in [0.5, 0.6) is 0 Å². The lowest BCUT2D eigenvalue weighted by molar-refractivity contribution is -0.173. The van der Waals surface area contributed by atoms with Gasteiger partial charge in [0, 0.05) is 12.8 Å². The average molecular weight is 247 g/mol. The van der Waals surface area contributed by atoms with E-state index in [0.717, 1.165) is 6.26 Å². The Morgan fingerprint density at radius 2 is 1.67 bits per heavy atom. The number of hydrogen-bond acceptors (Lipinski definition) is 3. The predicted octanol–water partition coefficient (Wildman–Crippen LogP) is 0.488. The molecule has 1 amide bonds. The molecule has 0 bridgehead atoms. The first-order valence-electron chi connectivity index (χ1n) is 3.92. The summed E-state index contributed by atoms with van der Waals surface area (Å²) in [6.07, 6.45) is -4.10. The van der Waals surface area contributed by atoms with E-state index >= 15 is 0 Å². The number of nitrogens with one attached hydrogen (secondary N) is 1. The molecule has 0 aromatic carbocycles. The van der Waals surface area contributed by atoms with Crippen LogP contribution in [-0.4, -0.2) is 38.0 Å². The van der Waals surface area contributed by atoms with Gasteiger partial charge >= 0.3 is 12.1 Å². The van der Waals surface area contributed by atoms with Gasteiger partial charge in [-0.3, -0.25) is 4.79 Å². The fourth-order valence-corrected chi connectivity index (χ4v) is 0.859. The van der Waals surface area contributed by atoms with Gasteiger partial charge in [-0.1, -0.05) is 0 Å². The van der Waals surface area contributed by atoms with E-state index in [4.69, 9.17) is 0 Å². The van der Waals surface area contributed by atoms with Gasteiger partial charge in [-0.25, -0.2) is 8.42 Å². The molecular weight excluding hydrogens is 235 g/mol. The van der Waals surface area contributed by atoms with Gasteiger partial charge in [-0.15, -0.1) is 0 Å². The van der Waals surface area contributed by atoms with Gasteiger partial charge in [-0.05, 0) is 13.8 Å². The number of amides is 1. The van der Waals surface area contributed by atoms with Gasteiger partial charge in [-0.2, -0.15) is 13.2 Å². The van der Waals surface area contributed by atoms with Gasteiger partial charge in [0.15, 0.2) is 9.84 Å². The molecule has 8 heteroatoms. The molecule has 0 saturated carbocycles. The molecule has 4 nitrogen and oxygen atoms in total. The monoisotopic (exact) mass is 247 g/mol. The smallest absolute Gasteiger partial charge is 0.347 e. The summed E-state index contributed by atoms with van der Waals surface area (Å²) in [5.74, 6) is -2.14. The van der Waals surface area contributed by atoms with Crippen molar-refractivity contribution >= 4 is 15.7 Å². The molecule has 0 radical (unpaired) electrons. The largest absolute Gasteiger partial charge is 0.471 e. The molecule has 0 aliphatic rings. The Bertz CT molecular complexity index is 345. The molecule has 0 atom stereocenters. The van der Waals surface area contributed by atoms with Crippen LogP contribution in [0.2, 0.25) is 0 Å². The zero-order valence-corrected chi connectivity index (χ0v) is 9.29. The van der Waals surface area contributed by atoms with Crippen LogP contribution in [0.4, 0.5) is 13.2 Å². The number of carbonyl (C=O) groups excluding carboxylic acids is 1. The van der Waals surface area contributed by atoms with Gasteiger partial charge in [0.1, 0.15) is 0 Å². The van der Waals surface area contributed by atoms with Crippen molar-refractivity contribution in [3.63, 3.8) is 0 Å². The van der Waals surface area contributed by atoms with Crippen molar-refractivity contribution in [3.8, 4) is 0 Å². The van der Waals surface area contributed by atoms with Crippen molar-refractivity contribution in [2.75, 3.05) is 12.8 Å². The van der Waals surface area contributed by atoms with Crippen molar-refractivity contribution in [1.29, 1.82) is 0 Å². The fourth-order valence-electron chi connectivity index (χ4n) is 0.524. The molecule has 0 aliphatic heterocycles. The maximum Gasteiger partial charge on any atom is 0.471 e. The molecule has 0 spiro atoms. The first-order chi connectivity index (χ1) is 6.38. The second-order valence-corrected chi connectivity index (χ2v) is 6.36. The lowest BCUT2D eigenvalue weighted by Gasteiger charge is -2.22. The Kier molecular flexibility index (Phi) is 3.78. The maximum absolute atomic E-state index is 11.8. The Balaban J connectivity index is 4.49. The Morgan fingerprint density at radius 3 is 1.93 bits per heavy atom. The van der Waals surface area contributed by atoms with Gasteiger partial charge in [0.2, 0.25) is 0 Å². The topological polar surface area (TPSA) is 63.2 Å². The summed E-state index contributed by atoms with van der Waals surface area (Å²) >= 11 is 0. The highest BCUT2D eigenvalue weighted by Crippen LogP contribution is 2.17. The van der Waals surface area contributed by atoms with Gasteiger partial charge < -0.3 is 5.32 Å². The third-order valence-electron chi connectivity index (χ3n) is 1.94. The molecule has 0 aliphatic carbocycles. The van der Waals surface area contributed by atoms with Crippen LogP contribution < -0.4 is 5.32 Å². The van der Waals surface area contributed by atoms with Crippen molar-refractivity contribution < 1.29 is 26.4 Å². The van der Waals surface area contributed by atoms with E-state index in [1.54, 1.807) is 0 Å². The summed E-state index contributed by atoms with van der Waals surface area (Å²) in [5.41, 5.74) is 0. The summed E-state index contributed by atoms with van der Waals surface area (Å²) in [4.78, 5) is 10.4. The highest BCUT2D eigenvalue weighted by Gasteiger charge is 2.40. The number of rotatable bonds is 3. The average Bonchev–Trinajstić information content (AvgIpc) is 1.96. The van der Waals surface area contributed by atoms with Crippen LogP contribution in [0, 0.1) is 0 Å². The van der Waals surface area contributed by atoms with Crippen LogP contribution in [0.3, 0.4) is 0 Å². The van der Waals surface area contributed by atoms with Crippen molar-refractivity contribution in [2.45, 2.75) is 24.8 Å². The minimum Gasteiger partial charge on any atom is -0.347 e. The normalized spacial score (nSPS) is 13.7. The summed E-state index contributed by atoms with van der Waals surface area (Å²) in [5, 5.41) is 1.53. The first-order valence-corrected chi connectivity index (χ1v) is 5.82. The Morgan fingerprint density at radius 1 is 1.27 bits per heavy atom. The Labute approximate surface area is 85.8 Å². The molecule has 0 saturated heterocycles. The summed E-state index contributed by atoms with van der Waals surface area (Å²) < 4.78 is 56.0. The lowest BCUT2D eigenvalue weighted by Crippen LogP contribution is -2.47. The van der Waals surface area contributed by atoms with Crippen LogP contribution >= 0.6 is 0 Å². The minimum absolute atomic E-state index is 0.579. The molecule has 0 rings (SSSR count). The van der Waals surface area contributed by atoms with Crippen LogP contribution in [0.15, 0.2) is 0 Å². The van der Waals surface area contributed by atoms with Crippen molar-refractivity contribution in [2.24, 2.45) is 0 Å². The third-order valence-corrected chi connectivity index (χ3v) is 4.09. The predicted molar refractivity (Wildman–Crippen MR) is 48.0 cm³/mol. The molecular formula is C7H12F3NO3S. The number of alkyl halides is 3. The SMILES string of the molecule is CC(C)(CNC(=O)C(F)(F)F)S(C)(=O)=O. The van der Waals surface area contributed by atoms with Crippen molar-refractivity contribution in [3.05, 3.63) is 0 Å².